The zero-order valence-corrected chi connectivity index (χ0v) is 12.8. The maximum absolute atomic E-state index is 12.6. The molecule has 0 saturated carbocycles. The first-order valence-electron chi connectivity index (χ1n) is 6.52. The first kappa shape index (κ1) is 15.2. The van der Waals surface area contributed by atoms with E-state index in [1.54, 1.807) is 12.1 Å². The Morgan fingerprint density at radius 1 is 1.14 bits per heavy atom. The van der Waals surface area contributed by atoms with E-state index in [1.165, 1.54) is 37.4 Å². The molecule has 0 bridgehead atoms. The molecule has 0 aliphatic carbocycles. The molecule has 0 atom stereocenters. The van der Waals surface area contributed by atoms with Crippen LogP contribution in [0.15, 0.2) is 47.4 Å². The van der Waals surface area contributed by atoms with Gasteiger partial charge in [0, 0.05) is 12.7 Å². The molecule has 2 rings (SSSR count). The fourth-order valence-corrected chi connectivity index (χ4v) is 3.25. The number of nitrogens with zero attached hydrogens (tertiary/aromatic N) is 1. The minimum atomic E-state index is -3.68. The highest BCUT2D eigenvalue weighted by atomic mass is 32.2. The van der Waals surface area contributed by atoms with Crippen LogP contribution in [-0.4, -0.2) is 20.6 Å². The molecule has 0 radical (unpaired) electrons. The van der Waals surface area contributed by atoms with Crippen LogP contribution in [-0.2, 0) is 16.4 Å². The average Bonchev–Trinajstić information content (AvgIpc) is 2.47. The Hall–Kier alpha value is -2.21. The summed E-state index contributed by atoms with van der Waals surface area (Å²) < 4.78 is 26.3. The Morgan fingerprint density at radius 2 is 1.76 bits per heavy atom. The lowest BCUT2D eigenvalue weighted by atomic mass is 10.1. The third-order valence-electron chi connectivity index (χ3n) is 3.37. The summed E-state index contributed by atoms with van der Waals surface area (Å²) in [6.07, 6.45) is 0.750. The minimum Gasteiger partial charge on any atom is -0.508 e. The van der Waals surface area contributed by atoms with Crippen LogP contribution in [0.3, 0.4) is 0 Å². The van der Waals surface area contributed by atoms with E-state index in [2.05, 4.69) is 0 Å². The second-order valence-electron chi connectivity index (χ2n) is 4.70. The SMILES string of the molecule is CCc1ccc(S(=O)(=O)N(C)c2ccc(O)cc2)cc1N. The van der Waals surface area contributed by atoms with Crippen molar-refractivity contribution in [1.29, 1.82) is 0 Å². The maximum Gasteiger partial charge on any atom is 0.264 e. The molecule has 0 fully saturated rings. The number of aromatic hydroxyl groups is 1. The zero-order valence-electron chi connectivity index (χ0n) is 11.9. The normalized spacial score (nSPS) is 11.3. The number of anilines is 2. The van der Waals surface area contributed by atoms with Crippen LogP contribution in [0.1, 0.15) is 12.5 Å². The molecule has 0 heterocycles. The van der Waals surface area contributed by atoms with Crippen molar-refractivity contribution in [1.82, 2.24) is 0 Å². The van der Waals surface area contributed by atoms with Gasteiger partial charge < -0.3 is 10.8 Å². The Balaban J connectivity index is 2.41. The number of hydrogen-bond donors (Lipinski definition) is 2. The summed E-state index contributed by atoms with van der Waals surface area (Å²) in [4.78, 5) is 0.146. The highest BCUT2D eigenvalue weighted by Crippen LogP contribution is 2.26. The second-order valence-corrected chi connectivity index (χ2v) is 6.67. The summed E-state index contributed by atoms with van der Waals surface area (Å²) >= 11 is 0. The Kier molecular flexibility index (Phi) is 4.09. The van der Waals surface area contributed by atoms with Crippen molar-refractivity contribution in [2.45, 2.75) is 18.2 Å². The highest BCUT2D eigenvalue weighted by Gasteiger charge is 2.21. The number of aryl methyl sites for hydroxylation is 1. The predicted molar refractivity (Wildman–Crippen MR) is 83.9 cm³/mol. The van der Waals surface area contributed by atoms with E-state index in [4.69, 9.17) is 5.73 Å². The summed E-state index contributed by atoms with van der Waals surface area (Å²) in [5, 5.41) is 9.27. The quantitative estimate of drug-likeness (QED) is 0.849. The lowest BCUT2D eigenvalue weighted by Gasteiger charge is -2.20. The van der Waals surface area contributed by atoms with Crippen molar-refractivity contribution in [2.75, 3.05) is 17.1 Å². The largest absolute Gasteiger partial charge is 0.508 e. The van der Waals surface area contributed by atoms with Gasteiger partial charge in [0.1, 0.15) is 5.75 Å². The number of rotatable bonds is 4. The van der Waals surface area contributed by atoms with Crippen molar-refractivity contribution in [3.63, 3.8) is 0 Å². The number of phenols is 1. The van der Waals surface area contributed by atoms with Crippen molar-refractivity contribution < 1.29 is 13.5 Å². The zero-order chi connectivity index (χ0) is 15.6. The van der Waals surface area contributed by atoms with Crippen LogP contribution in [0.4, 0.5) is 11.4 Å². The van der Waals surface area contributed by atoms with Crippen molar-refractivity contribution >= 4 is 21.4 Å². The number of nitrogens with two attached hydrogens (primary N) is 1. The molecule has 0 aromatic heterocycles. The monoisotopic (exact) mass is 306 g/mol. The van der Waals surface area contributed by atoms with Crippen LogP contribution in [0.2, 0.25) is 0 Å². The van der Waals surface area contributed by atoms with E-state index in [-0.39, 0.29) is 10.6 Å². The van der Waals surface area contributed by atoms with Gasteiger partial charge in [-0.1, -0.05) is 13.0 Å². The van der Waals surface area contributed by atoms with Gasteiger partial charge in [0.2, 0.25) is 0 Å². The molecule has 0 saturated heterocycles. The molecule has 0 amide bonds. The topological polar surface area (TPSA) is 83.6 Å². The van der Waals surface area contributed by atoms with Crippen LogP contribution >= 0.6 is 0 Å². The van der Waals surface area contributed by atoms with Crippen molar-refractivity contribution in [3.8, 4) is 5.75 Å². The fraction of sp³-hybridized carbons (Fsp3) is 0.200. The average molecular weight is 306 g/mol. The predicted octanol–water partition coefficient (Wildman–Crippen LogP) is 2.36. The summed E-state index contributed by atoms with van der Waals surface area (Å²) in [5.41, 5.74) is 7.72. The first-order chi connectivity index (χ1) is 9.86. The van der Waals surface area contributed by atoms with Crippen molar-refractivity contribution in [3.05, 3.63) is 48.0 Å². The molecular formula is C15H18N2O3S. The molecule has 112 valence electrons. The molecule has 0 aliphatic rings. The Morgan fingerprint density at radius 3 is 2.29 bits per heavy atom. The van der Waals surface area contributed by atoms with Gasteiger partial charge in [0.05, 0.1) is 10.6 Å². The van der Waals surface area contributed by atoms with Gasteiger partial charge in [-0.05, 0) is 48.4 Å². The van der Waals surface area contributed by atoms with Crippen LogP contribution < -0.4 is 10.0 Å². The third-order valence-corrected chi connectivity index (χ3v) is 5.15. The second kappa shape index (κ2) is 5.65. The third kappa shape index (κ3) is 2.95. The number of sulfonamides is 1. The molecule has 21 heavy (non-hydrogen) atoms. The van der Waals surface area contributed by atoms with E-state index in [1.807, 2.05) is 6.92 Å². The lowest BCUT2D eigenvalue weighted by Crippen LogP contribution is -2.26. The van der Waals surface area contributed by atoms with E-state index < -0.39 is 10.0 Å². The summed E-state index contributed by atoms with van der Waals surface area (Å²) in [7, 11) is -2.22. The van der Waals surface area contributed by atoms with Crippen LogP contribution in [0, 0.1) is 0 Å². The van der Waals surface area contributed by atoms with Crippen molar-refractivity contribution in [2.24, 2.45) is 0 Å². The fourth-order valence-electron chi connectivity index (χ4n) is 2.01. The lowest BCUT2D eigenvalue weighted by molar-refractivity contribution is 0.475. The van der Waals surface area contributed by atoms with Crippen LogP contribution in [0.5, 0.6) is 5.75 Å². The maximum atomic E-state index is 12.6. The first-order valence-corrected chi connectivity index (χ1v) is 7.96. The van der Waals surface area contributed by atoms with Gasteiger partial charge in [-0.15, -0.1) is 0 Å². The summed E-state index contributed by atoms with van der Waals surface area (Å²) in [6.45, 7) is 1.96. The number of phenolic OH excluding ortho intramolecular Hbond substituents is 1. The number of benzene rings is 2. The summed E-state index contributed by atoms with van der Waals surface area (Å²) in [6, 6.07) is 10.7. The highest BCUT2D eigenvalue weighted by molar-refractivity contribution is 7.92. The van der Waals surface area contributed by atoms with Gasteiger partial charge >= 0.3 is 0 Å². The molecule has 0 spiro atoms. The van der Waals surface area contributed by atoms with Gasteiger partial charge in [-0.3, -0.25) is 4.31 Å². The van der Waals surface area contributed by atoms with E-state index >= 15 is 0 Å². The van der Waals surface area contributed by atoms with E-state index in [9.17, 15) is 13.5 Å². The molecule has 2 aromatic carbocycles. The van der Waals surface area contributed by atoms with E-state index in [0.717, 1.165) is 16.3 Å². The standard InChI is InChI=1S/C15H18N2O3S/c1-3-11-4-9-14(10-15(11)16)21(19,20)17(2)12-5-7-13(18)8-6-12/h4-10,18H,3,16H2,1-2H3. The molecule has 0 unspecified atom stereocenters. The van der Waals surface area contributed by atoms with Crippen LogP contribution in [0.25, 0.3) is 0 Å². The minimum absolute atomic E-state index is 0.0843. The van der Waals surface area contributed by atoms with Gasteiger partial charge in [0.15, 0.2) is 0 Å². The molecule has 6 heteroatoms. The molecule has 0 aliphatic heterocycles. The molecular weight excluding hydrogens is 288 g/mol. The molecule has 2 aromatic rings. The van der Waals surface area contributed by atoms with Gasteiger partial charge in [-0.2, -0.15) is 0 Å². The Bertz CT molecular complexity index is 740. The molecule has 5 nitrogen and oxygen atoms in total. The number of nitrogen functional groups attached to an aromatic ring is 1. The Labute approximate surface area is 124 Å². The van der Waals surface area contributed by atoms with Gasteiger partial charge in [-0.25, -0.2) is 8.42 Å². The smallest absolute Gasteiger partial charge is 0.264 e. The van der Waals surface area contributed by atoms with Gasteiger partial charge in [0.25, 0.3) is 10.0 Å². The van der Waals surface area contributed by atoms with E-state index in [0.29, 0.717) is 11.4 Å². The molecule has 3 N–H and O–H groups in total. The summed E-state index contributed by atoms with van der Waals surface area (Å²) in [5.74, 6) is 0.0843. The number of hydrogen-bond acceptors (Lipinski definition) is 4.